The monoisotopic (exact) mass is 373 g/mol. The molecule has 0 aromatic heterocycles. The molecule has 9 heteroatoms. The number of halogens is 3. The van der Waals surface area contributed by atoms with E-state index in [9.17, 15) is 22.8 Å². The highest BCUT2D eigenvalue weighted by atomic mass is 19.4. The van der Waals surface area contributed by atoms with Crippen LogP contribution in [-0.2, 0) is 16.0 Å². The summed E-state index contributed by atoms with van der Waals surface area (Å²) in [6, 6.07) is 10.4. The Morgan fingerprint density at radius 2 is 1.70 bits per heavy atom. The van der Waals surface area contributed by atoms with E-state index in [-0.39, 0.29) is 23.4 Å². The molecule has 1 aliphatic heterocycles. The van der Waals surface area contributed by atoms with Gasteiger partial charge in [-0.1, -0.05) is 24.3 Å². The van der Waals surface area contributed by atoms with Crippen molar-refractivity contribution in [3.8, 4) is 5.75 Å². The number of fused-ring (bicyclic) bond motifs is 2. The number of nitrogens with one attached hydrogen (secondary N) is 1. The van der Waals surface area contributed by atoms with Crippen LogP contribution < -0.4 is 10.1 Å². The zero-order chi connectivity index (χ0) is 19.2. The van der Waals surface area contributed by atoms with E-state index in [1.54, 1.807) is 24.3 Å². The van der Waals surface area contributed by atoms with Gasteiger partial charge in [0.2, 0.25) is 0 Å². The van der Waals surface area contributed by atoms with Crippen molar-refractivity contribution in [2.75, 3.05) is 5.32 Å². The number of carbonyl (C=O) groups is 2. The predicted octanol–water partition coefficient (Wildman–Crippen LogP) is 2.86. The molecule has 0 atom stereocenters. The van der Waals surface area contributed by atoms with Gasteiger partial charge in [0.25, 0.3) is 5.91 Å². The Balaban J connectivity index is 1.73. The van der Waals surface area contributed by atoms with Gasteiger partial charge in [0.15, 0.2) is 11.5 Å². The third-order valence-electron chi connectivity index (χ3n) is 4.08. The summed E-state index contributed by atoms with van der Waals surface area (Å²) in [5.41, 5.74) is 1.75. The van der Waals surface area contributed by atoms with Crippen LogP contribution in [0.25, 0.3) is 0 Å². The number of para-hydroxylation sites is 1. The maximum atomic E-state index is 12.4. The largest absolute Gasteiger partial charge is 0.573 e. The van der Waals surface area contributed by atoms with Gasteiger partial charge in [0.1, 0.15) is 11.5 Å². The summed E-state index contributed by atoms with van der Waals surface area (Å²) in [6.07, 6.45) is -4.85. The Morgan fingerprint density at radius 1 is 0.963 bits per heavy atom. The summed E-state index contributed by atoms with van der Waals surface area (Å²) >= 11 is 0. The minimum Gasteiger partial charge on any atom is -0.406 e. The van der Waals surface area contributed by atoms with E-state index < -0.39 is 23.8 Å². The van der Waals surface area contributed by atoms with Crippen LogP contribution in [0.1, 0.15) is 16.7 Å². The lowest BCUT2D eigenvalue weighted by Crippen LogP contribution is -2.17. The van der Waals surface area contributed by atoms with Crippen LogP contribution >= 0.6 is 0 Å². The molecule has 2 aromatic carbocycles. The number of rotatable bonds is 2. The molecular weight excluding hydrogens is 363 g/mol. The topological polar surface area (TPSA) is 80.1 Å². The summed E-state index contributed by atoms with van der Waals surface area (Å²) in [4.78, 5) is 24.2. The minimum absolute atomic E-state index is 0.00585. The second-order valence-corrected chi connectivity index (χ2v) is 5.86. The zero-order valence-electron chi connectivity index (χ0n) is 13.5. The van der Waals surface area contributed by atoms with Crippen molar-refractivity contribution in [2.45, 2.75) is 12.8 Å². The minimum atomic E-state index is -4.85. The fraction of sp³-hybridized carbons (Fsp3) is 0.111. The number of nitrogens with zero attached hydrogens (tertiary/aromatic N) is 2. The molecule has 1 N–H and O–H groups in total. The number of amides is 1. The van der Waals surface area contributed by atoms with Crippen molar-refractivity contribution < 1.29 is 27.5 Å². The molecule has 27 heavy (non-hydrogen) atoms. The van der Waals surface area contributed by atoms with E-state index in [0.29, 0.717) is 16.8 Å². The van der Waals surface area contributed by atoms with Crippen molar-refractivity contribution in [3.05, 3.63) is 59.2 Å². The third-order valence-corrected chi connectivity index (χ3v) is 4.08. The molecule has 4 rings (SSSR count). The molecule has 0 spiro atoms. The van der Waals surface area contributed by atoms with Gasteiger partial charge in [-0.3, -0.25) is 9.59 Å². The summed E-state index contributed by atoms with van der Waals surface area (Å²) in [7, 11) is 0. The molecule has 0 saturated carbocycles. The number of Topliss-reactive ketones (excluding diaryl/α,β-unsaturated/α-hetero) is 1. The summed E-state index contributed by atoms with van der Waals surface area (Å²) in [6.45, 7) is 0. The summed E-state index contributed by atoms with van der Waals surface area (Å²) in [5, 5.41) is 10.4. The van der Waals surface area contributed by atoms with Crippen LogP contribution in [0.3, 0.4) is 0 Å². The fourth-order valence-electron chi connectivity index (χ4n) is 2.95. The maximum absolute atomic E-state index is 12.4. The summed E-state index contributed by atoms with van der Waals surface area (Å²) in [5.74, 6) is -1.33. The lowest BCUT2D eigenvalue weighted by Gasteiger charge is -2.09. The average Bonchev–Trinajstić information content (AvgIpc) is 3.07. The number of ketones is 1. The second-order valence-electron chi connectivity index (χ2n) is 5.86. The van der Waals surface area contributed by atoms with Gasteiger partial charge in [-0.25, -0.2) is 0 Å². The van der Waals surface area contributed by atoms with Crippen molar-refractivity contribution in [2.24, 2.45) is 10.2 Å². The first-order valence-electron chi connectivity index (χ1n) is 7.80. The van der Waals surface area contributed by atoms with Gasteiger partial charge in [-0.05, 0) is 23.8 Å². The van der Waals surface area contributed by atoms with Crippen molar-refractivity contribution >= 4 is 28.8 Å². The molecule has 0 fully saturated rings. The highest BCUT2D eigenvalue weighted by Gasteiger charge is 2.33. The highest BCUT2D eigenvalue weighted by molar-refractivity contribution is 6.54. The zero-order valence-corrected chi connectivity index (χ0v) is 13.5. The van der Waals surface area contributed by atoms with Crippen molar-refractivity contribution in [3.63, 3.8) is 0 Å². The number of hydrogen-bond donors (Lipinski definition) is 1. The lowest BCUT2D eigenvalue weighted by molar-refractivity contribution is -0.274. The van der Waals surface area contributed by atoms with E-state index in [0.717, 1.165) is 12.1 Å². The first-order chi connectivity index (χ1) is 12.8. The van der Waals surface area contributed by atoms with Crippen LogP contribution in [0.15, 0.2) is 52.7 Å². The SMILES string of the molecule is O=C1Cc2ccc(OC(F)(F)F)cc2/C1=N/N=C1\C(=O)Nc2ccccc21. The molecule has 136 valence electrons. The van der Waals surface area contributed by atoms with E-state index in [2.05, 4.69) is 20.3 Å². The number of ether oxygens (including phenoxy) is 1. The van der Waals surface area contributed by atoms with Gasteiger partial charge in [0.05, 0.1) is 5.69 Å². The van der Waals surface area contributed by atoms with E-state index in [4.69, 9.17) is 0 Å². The first kappa shape index (κ1) is 17.0. The Labute approximate surface area is 150 Å². The lowest BCUT2D eigenvalue weighted by atomic mass is 10.1. The Bertz CT molecular complexity index is 1040. The standard InChI is InChI=1S/C18H10F3N3O3/c19-18(20,21)27-10-6-5-9-7-14(25)15(12(9)8-10)23-24-16-11-3-1-2-4-13(11)22-17(16)26/h1-6,8H,7H2,(H,22,24,26)/b23-15-. The Morgan fingerprint density at radius 3 is 2.48 bits per heavy atom. The third kappa shape index (κ3) is 3.19. The maximum Gasteiger partial charge on any atom is 0.573 e. The molecule has 1 aliphatic carbocycles. The normalized spacial score (nSPS) is 18.6. The highest BCUT2D eigenvalue weighted by Crippen LogP contribution is 2.29. The predicted molar refractivity (Wildman–Crippen MR) is 90.0 cm³/mol. The van der Waals surface area contributed by atoms with Crippen LogP contribution in [0.4, 0.5) is 18.9 Å². The molecule has 2 aliphatic rings. The molecule has 1 amide bonds. The van der Waals surface area contributed by atoms with Crippen LogP contribution in [0.2, 0.25) is 0 Å². The van der Waals surface area contributed by atoms with Crippen LogP contribution in [-0.4, -0.2) is 29.5 Å². The molecule has 0 bridgehead atoms. The molecule has 0 radical (unpaired) electrons. The van der Waals surface area contributed by atoms with Crippen LogP contribution in [0.5, 0.6) is 5.75 Å². The van der Waals surface area contributed by atoms with E-state index >= 15 is 0 Å². The Hall–Kier alpha value is -3.49. The number of alkyl halides is 3. The molecule has 0 saturated heterocycles. The first-order valence-corrected chi connectivity index (χ1v) is 7.80. The number of carbonyl (C=O) groups excluding carboxylic acids is 2. The van der Waals surface area contributed by atoms with Gasteiger partial charge in [-0.15, -0.1) is 23.4 Å². The van der Waals surface area contributed by atoms with Gasteiger partial charge < -0.3 is 10.1 Å². The fourth-order valence-corrected chi connectivity index (χ4v) is 2.95. The van der Waals surface area contributed by atoms with Gasteiger partial charge in [0, 0.05) is 17.5 Å². The van der Waals surface area contributed by atoms with Crippen molar-refractivity contribution in [1.29, 1.82) is 0 Å². The average molecular weight is 373 g/mol. The summed E-state index contributed by atoms with van der Waals surface area (Å²) < 4.78 is 41.1. The molecule has 6 nitrogen and oxygen atoms in total. The molecule has 1 heterocycles. The van der Waals surface area contributed by atoms with Crippen molar-refractivity contribution in [1.82, 2.24) is 0 Å². The van der Waals surface area contributed by atoms with E-state index in [1.807, 2.05) is 0 Å². The Kier molecular flexibility index (Phi) is 3.79. The van der Waals surface area contributed by atoms with Gasteiger partial charge in [-0.2, -0.15) is 0 Å². The number of hydrogen-bond acceptors (Lipinski definition) is 5. The molecular formula is C18H10F3N3O3. The van der Waals surface area contributed by atoms with Crippen LogP contribution in [0, 0.1) is 0 Å². The smallest absolute Gasteiger partial charge is 0.406 e. The quantitative estimate of drug-likeness (QED) is 0.822. The van der Waals surface area contributed by atoms with E-state index in [1.165, 1.54) is 6.07 Å². The van der Waals surface area contributed by atoms with Gasteiger partial charge >= 0.3 is 6.36 Å². The number of benzene rings is 2. The molecule has 2 aromatic rings. The molecule has 0 unspecified atom stereocenters. The second kappa shape index (κ2) is 6.04. The number of anilines is 1.